The summed E-state index contributed by atoms with van der Waals surface area (Å²) in [6.45, 7) is 2.12. The van der Waals surface area contributed by atoms with Crippen LogP contribution >= 0.6 is 0 Å². The summed E-state index contributed by atoms with van der Waals surface area (Å²) in [4.78, 5) is 45.9. The maximum atomic E-state index is 14.9. The fraction of sp³-hybridized carbons (Fsp3) is 0.310. The smallest absolute Gasteiger partial charge is 0.323 e. The third-order valence-electron chi connectivity index (χ3n) is 7.08. The fourth-order valence-electron chi connectivity index (χ4n) is 4.64. The maximum Gasteiger partial charge on any atom is 0.323 e. The maximum absolute atomic E-state index is 14.9. The van der Waals surface area contributed by atoms with Crippen molar-refractivity contribution in [3.05, 3.63) is 72.2 Å². The van der Waals surface area contributed by atoms with Crippen LogP contribution < -0.4 is 20.7 Å². The molecule has 0 spiro atoms. The topological polar surface area (TPSA) is 116 Å². The fourth-order valence-corrected chi connectivity index (χ4v) is 4.64. The Morgan fingerprint density at radius 1 is 0.952 bits per heavy atom. The number of halogens is 3. The van der Waals surface area contributed by atoms with E-state index in [1.165, 1.54) is 30.5 Å². The van der Waals surface area contributed by atoms with E-state index in [1.807, 2.05) is 14.1 Å². The molecular formula is C29H29F3N6O4. The van der Waals surface area contributed by atoms with Gasteiger partial charge in [-0.2, -0.15) is 4.39 Å². The third-order valence-corrected chi connectivity index (χ3v) is 7.08. The molecule has 4 amide bonds. The van der Waals surface area contributed by atoms with Crippen molar-refractivity contribution >= 4 is 35.0 Å². The van der Waals surface area contributed by atoms with Crippen molar-refractivity contribution in [3.8, 4) is 11.5 Å². The number of hydrogen-bond donors (Lipinski definition) is 3. The van der Waals surface area contributed by atoms with E-state index in [4.69, 9.17) is 4.74 Å². The minimum absolute atomic E-state index is 0.0962. The highest BCUT2D eigenvalue weighted by Gasteiger charge is 2.56. The van der Waals surface area contributed by atoms with Gasteiger partial charge >= 0.3 is 6.03 Å². The van der Waals surface area contributed by atoms with Crippen LogP contribution in [0.3, 0.4) is 0 Å². The predicted molar refractivity (Wildman–Crippen MR) is 149 cm³/mol. The largest absolute Gasteiger partial charge is 0.454 e. The molecule has 13 heteroatoms. The average Bonchev–Trinajstić information content (AvgIpc) is 3.74. The summed E-state index contributed by atoms with van der Waals surface area (Å²) in [5.41, 5.74) is -1.61. The Morgan fingerprint density at radius 3 is 2.31 bits per heavy atom. The molecule has 42 heavy (non-hydrogen) atoms. The average molecular weight is 583 g/mol. The van der Waals surface area contributed by atoms with Crippen molar-refractivity contribution in [2.45, 2.75) is 12.8 Å². The summed E-state index contributed by atoms with van der Waals surface area (Å²) < 4.78 is 48.5. The number of hydrogen-bond acceptors (Lipinski definition) is 6. The Kier molecular flexibility index (Phi) is 8.03. The summed E-state index contributed by atoms with van der Waals surface area (Å²) in [6, 6.07) is 9.74. The Morgan fingerprint density at radius 2 is 1.64 bits per heavy atom. The summed E-state index contributed by atoms with van der Waals surface area (Å²) in [5, 5.41) is 7.50. The second-order valence-electron chi connectivity index (χ2n) is 10.7. The molecule has 2 aromatic carbocycles. The molecule has 0 radical (unpaired) electrons. The standard InChI is InChI=1S/C29H29F3N6O4/c1-37(2)14-17-15-38(16-17)28(41)36-23-13-20(9-12-33-23)42-22-8-7-21(24(31)25(22)32)35-27(40)29(10-11-29)26(39)34-19-5-3-18(30)4-6-19/h3-9,12-13,17H,10-11,14-16H2,1-2H3,(H,34,39)(H,35,40)(H,33,36,41). The highest BCUT2D eigenvalue weighted by molar-refractivity contribution is 6.17. The van der Waals surface area contributed by atoms with Crippen LogP contribution in [0.15, 0.2) is 54.7 Å². The van der Waals surface area contributed by atoms with Gasteiger partial charge in [0.05, 0.1) is 5.69 Å². The molecule has 3 N–H and O–H groups in total. The Hall–Kier alpha value is -4.65. The minimum Gasteiger partial charge on any atom is -0.454 e. The lowest BCUT2D eigenvalue weighted by Crippen LogP contribution is -2.54. The molecule has 1 saturated carbocycles. The minimum atomic E-state index is -1.45. The van der Waals surface area contributed by atoms with E-state index < -0.39 is 46.1 Å². The van der Waals surface area contributed by atoms with Crippen molar-refractivity contribution in [1.82, 2.24) is 14.8 Å². The van der Waals surface area contributed by atoms with Crippen LogP contribution in [0.4, 0.5) is 35.2 Å². The van der Waals surface area contributed by atoms with Gasteiger partial charge in [0, 0.05) is 43.5 Å². The normalized spacial score (nSPS) is 15.5. The zero-order valence-corrected chi connectivity index (χ0v) is 22.9. The molecule has 2 heterocycles. The number of nitrogens with zero attached hydrogens (tertiary/aromatic N) is 3. The number of pyridine rings is 1. The number of carbonyl (C=O) groups is 3. The first-order valence-electron chi connectivity index (χ1n) is 13.2. The number of rotatable bonds is 9. The number of anilines is 3. The van der Waals surface area contributed by atoms with E-state index >= 15 is 0 Å². The molecule has 1 aliphatic carbocycles. The summed E-state index contributed by atoms with van der Waals surface area (Å²) in [5.74, 6) is -4.43. The Labute approximate surface area is 239 Å². The lowest BCUT2D eigenvalue weighted by molar-refractivity contribution is -0.131. The van der Waals surface area contributed by atoms with Gasteiger partial charge in [0.1, 0.15) is 22.8 Å². The van der Waals surface area contributed by atoms with E-state index in [0.717, 1.165) is 30.8 Å². The molecule has 1 aliphatic heterocycles. The van der Waals surface area contributed by atoms with Crippen LogP contribution in [0.2, 0.25) is 0 Å². The summed E-state index contributed by atoms with van der Waals surface area (Å²) >= 11 is 0. The van der Waals surface area contributed by atoms with Crippen molar-refractivity contribution < 1.29 is 32.3 Å². The second-order valence-corrected chi connectivity index (χ2v) is 10.7. The molecule has 10 nitrogen and oxygen atoms in total. The van der Waals surface area contributed by atoms with Crippen LogP contribution in [-0.4, -0.2) is 66.4 Å². The molecule has 220 valence electrons. The highest BCUT2D eigenvalue weighted by Crippen LogP contribution is 2.48. The number of urea groups is 1. The predicted octanol–water partition coefficient (Wildman–Crippen LogP) is 4.67. The van der Waals surface area contributed by atoms with E-state index in [2.05, 4.69) is 25.8 Å². The van der Waals surface area contributed by atoms with Crippen molar-refractivity contribution in [1.29, 1.82) is 0 Å². The monoisotopic (exact) mass is 582 g/mol. The second kappa shape index (κ2) is 11.7. The molecule has 1 aromatic heterocycles. The van der Waals surface area contributed by atoms with E-state index in [-0.39, 0.29) is 30.4 Å². The van der Waals surface area contributed by atoms with Gasteiger partial charge in [-0.3, -0.25) is 14.9 Å². The van der Waals surface area contributed by atoms with Crippen LogP contribution in [0.5, 0.6) is 11.5 Å². The summed E-state index contributed by atoms with van der Waals surface area (Å²) in [7, 11) is 3.94. The molecular weight excluding hydrogens is 553 g/mol. The van der Waals surface area contributed by atoms with Gasteiger partial charge in [-0.25, -0.2) is 18.6 Å². The highest BCUT2D eigenvalue weighted by atomic mass is 19.2. The summed E-state index contributed by atoms with van der Waals surface area (Å²) in [6.07, 6.45) is 1.78. The van der Waals surface area contributed by atoms with Crippen molar-refractivity contribution in [2.24, 2.45) is 11.3 Å². The first-order valence-corrected chi connectivity index (χ1v) is 13.2. The van der Waals surface area contributed by atoms with Crippen LogP contribution in [-0.2, 0) is 9.59 Å². The van der Waals surface area contributed by atoms with E-state index in [9.17, 15) is 27.6 Å². The molecule has 2 aliphatic rings. The van der Waals surface area contributed by atoms with Gasteiger partial charge in [0.2, 0.25) is 17.6 Å². The molecule has 5 rings (SSSR count). The zero-order chi connectivity index (χ0) is 30.0. The van der Waals surface area contributed by atoms with Gasteiger partial charge in [0.25, 0.3) is 0 Å². The number of carbonyl (C=O) groups excluding carboxylic acids is 3. The zero-order valence-electron chi connectivity index (χ0n) is 22.9. The van der Waals surface area contributed by atoms with Crippen LogP contribution in [0, 0.1) is 28.8 Å². The van der Waals surface area contributed by atoms with E-state index in [1.54, 1.807) is 4.90 Å². The molecule has 0 atom stereocenters. The number of nitrogens with one attached hydrogen (secondary N) is 3. The molecule has 0 unspecified atom stereocenters. The number of benzene rings is 2. The number of amides is 4. The van der Waals surface area contributed by atoms with Gasteiger partial charge in [-0.05, 0) is 69.4 Å². The quantitative estimate of drug-likeness (QED) is 0.316. The molecule has 3 aromatic rings. The van der Waals surface area contributed by atoms with Crippen LogP contribution in [0.25, 0.3) is 0 Å². The number of ether oxygens (including phenoxy) is 1. The molecule has 0 bridgehead atoms. The van der Waals surface area contributed by atoms with Gasteiger partial charge in [-0.1, -0.05) is 0 Å². The van der Waals surface area contributed by atoms with Gasteiger partial charge < -0.3 is 25.2 Å². The number of likely N-dealkylation sites (tertiary alicyclic amines) is 1. The van der Waals surface area contributed by atoms with Gasteiger partial charge in [-0.15, -0.1) is 0 Å². The Bertz CT molecular complexity index is 1510. The lowest BCUT2D eigenvalue weighted by atomic mass is 10.0. The molecule has 2 fully saturated rings. The molecule has 1 saturated heterocycles. The van der Waals surface area contributed by atoms with E-state index in [0.29, 0.717) is 24.7 Å². The Balaban J connectivity index is 1.19. The van der Waals surface area contributed by atoms with Crippen LogP contribution in [0.1, 0.15) is 12.8 Å². The number of aromatic nitrogens is 1. The van der Waals surface area contributed by atoms with Gasteiger partial charge in [0.15, 0.2) is 11.6 Å². The first kappa shape index (κ1) is 28.9. The van der Waals surface area contributed by atoms with Crippen molar-refractivity contribution in [2.75, 3.05) is 49.7 Å². The third kappa shape index (κ3) is 6.30. The van der Waals surface area contributed by atoms with Crippen molar-refractivity contribution in [3.63, 3.8) is 0 Å². The first-order chi connectivity index (χ1) is 20.0. The lowest BCUT2D eigenvalue weighted by Gasteiger charge is -2.40. The SMILES string of the molecule is CN(C)CC1CN(C(=O)Nc2cc(Oc3ccc(NC(=O)C4(C(=O)Nc5ccc(F)cc5)CC4)c(F)c3F)ccn2)C1.